The predicted octanol–water partition coefficient (Wildman–Crippen LogP) is 2.26. The van der Waals surface area contributed by atoms with Crippen molar-refractivity contribution in [3.63, 3.8) is 0 Å². The molecule has 6 nitrogen and oxygen atoms in total. The average molecular weight is 382 g/mol. The average Bonchev–Trinajstić information content (AvgIpc) is 3.11. The summed E-state index contributed by atoms with van der Waals surface area (Å²) in [5.74, 6) is 2.27. The molecule has 0 aromatic heterocycles. The topological polar surface area (TPSA) is 70.1 Å². The van der Waals surface area contributed by atoms with Crippen molar-refractivity contribution in [1.82, 2.24) is 9.21 Å². The third-order valence-electron chi connectivity index (χ3n) is 6.78. The number of hydrogen-bond donors (Lipinski definition) is 0. The Morgan fingerprint density at radius 1 is 1.19 bits per heavy atom. The van der Waals surface area contributed by atoms with Gasteiger partial charge in [-0.15, -0.1) is 0 Å². The highest BCUT2D eigenvalue weighted by atomic mass is 32.2. The fraction of sp³-hybridized carbons (Fsp3) is 0.895. The highest BCUT2D eigenvalue weighted by Crippen LogP contribution is 2.51. The highest BCUT2D eigenvalue weighted by Gasteiger charge is 2.62. The number of amidine groups is 1. The Hall–Kier alpha value is -0.950. The van der Waals surface area contributed by atoms with Gasteiger partial charge in [-0.2, -0.15) is 0 Å². The summed E-state index contributed by atoms with van der Waals surface area (Å²) in [4.78, 5) is 20.3. The lowest BCUT2D eigenvalue weighted by Gasteiger charge is -2.28. The lowest BCUT2D eigenvalue weighted by molar-refractivity contribution is -0.132. The summed E-state index contributed by atoms with van der Waals surface area (Å²) in [5.41, 5.74) is -0.681. The first-order valence-corrected chi connectivity index (χ1v) is 11.9. The number of amides is 1. The molecule has 0 aromatic rings. The van der Waals surface area contributed by atoms with E-state index in [9.17, 15) is 13.2 Å². The van der Waals surface area contributed by atoms with Gasteiger partial charge in [0.25, 0.3) is 5.91 Å². The largest absolute Gasteiger partial charge is 0.298 e. The number of carbonyl (C=O) groups is 1. The minimum atomic E-state index is -3.21. The van der Waals surface area contributed by atoms with Crippen molar-refractivity contribution in [1.29, 1.82) is 0 Å². The Kier molecular flexibility index (Phi) is 4.66. The summed E-state index contributed by atoms with van der Waals surface area (Å²) in [6, 6.07) is 0. The lowest BCUT2D eigenvalue weighted by Crippen LogP contribution is -2.47. The van der Waals surface area contributed by atoms with E-state index in [1.165, 1.54) is 12.8 Å². The first-order chi connectivity index (χ1) is 12.4. The molecule has 1 saturated heterocycles. The van der Waals surface area contributed by atoms with E-state index in [2.05, 4.69) is 6.92 Å². The molecule has 2 saturated carbocycles. The number of aliphatic imine (C=N–C) groups is 1. The minimum Gasteiger partial charge on any atom is -0.298 e. The van der Waals surface area contributed by atoms with Gasteiger partial charge in [0, 0.05) is 32.0 Å². The van der Waals surface area contributed by atoms with Crippen molar-refractivity contribution in [2.24, 2.45) is 22.7 Å². The first-order valence-electron chi connectivity index (χ1n) is 10.3. The second-order valence-corrected chi connectivity index (χ2v) is 10.6. The zero-order valence-corrected chi connectivity index (χ0v) is 16.8. The lowest BCUT2D eigenvalue weighted by atomic mass is 9.85. The molecule has 1 amide bonds. The summed E-state index contributed by atoms with van der Waals surface area (Å²) in [6.07, 6.45) is 6.47. The Morgan fingerprint density at radius 3 is 2.62 bits per heavy atom. The van der Waals surface area contributed by atoms with E-state index >= 15 is 0 Å². The molecular formula is C19H31N3O3S. The molecule has 2 aliphatic carbocycles. The molecule has 3 atom stereocenters. The monoisotopic (exact) mass is 381 g/mol. The van der Waals surface area contributed by atoms with Gasteiger partial charge in [0.15, 0.2) is 0 Å². The van der Waals surface area contributed by atoms with Crippen LogP contribution in [0.25, 0.3) is 0 Å². The van der Waals surface area contributed by atoms with Crippen LogP contribution in [0.5, 0.6) is 0 Å². The predicted molar refractivity (Wildman–Crippen MR) is 101 cm³/mol. The van der Waals surface area contributed by atoms with Crippen LogP contribution in [0.3, 0.4) is 0 Å². The summed E-state index contributed by atoms with van der Waals surface area (Å²) >= 11 is 0. The molecule has 0 N–H and O–H groups in total. The van der Waals surface area contributed by atoms with Gasteiger partial charge in [-0.1, -0.05) is 20.3 Å². The molecule has 1 spiro atoms. The maximum atomic E-state index is 13.4. The van der Waals surface area contributed by atoms with Gasteiger partial charge in [0.05, 0.1) is 5.75 Å². The molecule has 0 aromatic carbocycles. The molecule has 0 unspecified atom stereocenters. The molecular weight excluding hydrogens is 350 g/mol. The summed E-state index contributed by atoms with van der Waals surface area (Å²) in [5, 5.41) is 0. The van der Waals surface area contributed by atoms with Crippen LogP contribution in [0, 0.1) is 17.8 Å². The number of fused-ring (bicyclic) bond motifs is 2. The smallest absolute Gasteiger partial charge is 0.256 e. The molecule has 4 aliphatic rings. The van der Waals surface area contributed by atoms with Crippen LogP contribution in [-0.2, 0) is 14.8 Å². The van der Waals surface area contributed by atoms with Crippen LogP contribution in [0.2, 0.25) is 0 Å². The third-order valence-corrected chi connectivity index (χ3v) is 8.67. The molecule has 2 aliphatic heterocycles. The van der Waals surface area contributed by atoms with E-state index in [1.807, 2.05) is 11.8 Å². The van der Waals surface area contributed by atoms with Gasteiger partial charge in [-0.05, 0) is 43.9 Å². The van der Waals surface area contributed by atoms with Crippen molar-refractivity contribution in [3.8, 4) is 0 Å². The van der Waals surface area contributed by atoms with Crippen LogP contribution in [0.4, 0.5) is 0 Å². The zero-order chi connectivity index (χ0) is 18.5. The van der Waals surface area contributed by atoms with Crippen molar-refractivity contribution in [2.75, 3.05) is 25.4 Å². The number of unbranched alkanes of at least 4 members (excludes halogenated alkanes) is 1. The van der Waals surface area contributed by atoms with E-state index < -0.39 is 15.6 Å². The maximum absolute atomic E-state index is 13.4. The van der Waals surface area contributed by atoms with Crippen LogP contribution < -0.4 is 0 Å². The molecule has 7 heteroatoms. The molecule has 3 fully saturated rings. The quantitative estimate of drug-likeness (QED) is 0.679. The second kappa shape index (κ2) is 6.59. The van der Waals surface area contributed by atoms with E-state index in [4.69, 9.17) is 4.99 Å². The molecule has 2 heterocycles. The SMILES string of the molecule is CCCCS(=O)(=O)N1C[C@H]2CC[C@@]3(N=C(CC)N(CC4CC4)C3=O)[C@H]2C1. The van der Waals surface area contributed by atoms with Crippen LogP contribution in [0.15, 0.2) is 4.99 Å². The zero-order valence-electron chi connectivity index (χ0n) is 16.0. The summed E-state index contributed by atoms with van der Waals surface area (Å²) in [6.45, 7) is 5.93. The number of nitrogens with zero attached hydrogens (tertiary/aromatic N) is 3. The van der Waals surface area contributed by atoms with Gasteiger partial charge >= 0.3 is 0 Å². The van der Waals surface area contributed by atoms with Gasteiger partial charge in [0.2, 0.25) is 10.0 Å². The Balaban J connectivity index is 1.55. The van der Waals surface area contributed by atoms with Crippen molar-refractivity contribution in [2.45, 2.75) is 64.3 Å². The van der Waals surface area contributed by atoms with E-state index in [1.54, 1.807) is 4.31 Å². The molecule has 4 rings (SSSR count). The fourth-order valence-electron chi connectivity index (χ4n) is 5.05. The second-order valence-electron chi connectivity index (χ2n) is 8.56. The van der Waals surface area contributed by atoms with E-state index in [0.29, 0.717) is 25.4 Å². The third kappa shape index (κ3) is 2.91. The van der Waals surface area contributed by atoms with Gasteiger partial charge in [-0.25, -0.2) is 12.7 Å². The van der Waals surface area contributed by atoms with Crippen molar-refractivity contribution >= 4 is 21.8 Å². The maximum Gasteiger partial charge on any atom is 0.256 e. The van der Waals surface area contributed by atoms with E-state index in [0.717, 1.165) is 38.1 Å². The van der Waals surface area contributed by atoms with Gasteiger partial charge in [0.1, 0.15) is 11.4 Å². The van der Waals surface area contributed by atoms with Crippen LogP contribution in [0.1, 0.15) is 58.8 Å². The van der Waals surface area contributed by atoms with Crippen molar-refractivity contribution in [3.05, 3.63) is 0 Å². The minimum absolute atomic E-state index is 0.0529. The number of sulfonamides is 1. The molecule has 0 radical (unpaired) electrons. The highest BCUT2D eigenvalue weighted by molar-refractivity contribution is 7.89. The Labute approximate surface area is 157 Å². The Bertz CT molecular complexity index is 716. The van der Waals surface area contributed by atoms with Crippen molar-refractivity contribution < 1.29 is 13.2 Å². The molecule has 146 valence electrons. The standard InChI is InChI=1S/C19H31N3O3S/c1-3-5-10-26(24,25)21-12-15-8-9-19(16(15)13-21)18(23)22(11-14-6-7-14)17(4-2)20-19/h14-16H,3-13H2,1-2H3/t15-,16+,19-/m1/s1. The Morgan fingerprint density at radius 2 is 1.96 bits per heavy atom. The van der Waals surface area contributed by atoms with Gasteiger partial charge in [-0.3, -0.25) is 14.7 Å². The normalized spacial score (nSPS) is 34.8. The first kappa shape index (κ1) is 18.4. The number of carbonyl (C=O) groups excluding carboxylic acids is 1. The molecule has 26 heavy (non-hydrogen) atoms. The number of rotatable bonds is 7. The number of hydrogen-bond acceptors (Lipinski definition) is 4. The van der Waals surface area contributed by atoms with E-state index in [-0.39, 0.29) is 23.5 Å². The van der Waals surface area contributed by atoms with Crippen LogP contribution >= 0.6 is 0 Å². The summed E-state index contributed by atoms with van der Waals surface area (Å²) in [7, 11) is -3.21. The van der Waals surface area contributed by atoms with Gasteiger partial charge < -0.3 is 0 Å². The fourth-order valence-corrected chi connectivity index (χ4v) is 6.77. The molecule has 0 bridgehead atoms. The summed E-state index contributed by atoms with van der Waals surface area (Å²) < 4.78 is 26.9. The van der Waals surface area contributed by atoms with Crippen LogP contribution in [-0.4, -0.2) is 60.3 Å².